The van der Waals surface area contributed by atoms with Gasteiger partial charge in [0.2, 0.25) is 0 Å². The fraction of sp³-hybridized carbons (Fsp3) is 0.333. The van der Waals surface area contributed by atoms with Crippen LogP contribution in [0.5, 0.6) is 0 Å². The number of anilines is 1. The third-order valence-electron chi connectivity index (χ3n) is 2.29. The maximum atomic E-state index is 11.7. The number of amides is 1. The molecule has 0 saturated carbocycles. The number of aryl methyl sites for hydroxylation is 1. The van der Waals surface area contributed by atoms with Gasteiger partial charge in [0, 0.05) is 17.8 Å². The Kier molecular flexibility index (Phi) is 4.90. The van der Waals surface area contributed by atoms with Gasteiger partial charge in [0.25, 0.3) is 5.91 Å². The molecule has 1 aromatic carbocycles. The van der Waals surface area contributed by atoms with E-state index in [0.29, 0.717) is 12.1 Å². The van der Waals surface area contributed by atoms with Gasteiger partial charge in [-0.3, -0.25) is 4.79 Å². The van der Waals surface area contributed by atoms with Crippen LogP contribution in [0.4, 0.5) is 5.69 Å². The smallest absolute Gasteiger partial charge is 0.251 e. The van der Waals surface area contributed by atoms with Crippen LogP contribution in [0.3, 0.4) is 0 Å². The molecular weight excluding hydrogens is 234 g/mol. The Morgan fingerprint density at radius 2 is 2.18 bits per heavy atom. The normalized spacial score (nSPS) is 9.76. The Bertz CT molecular complexity index is 432. The molecule has 0 spiro atoms. The zero-order chi connectivity index (χ0) is 12.8. The van der Waals surface area contributed by atoms with Crippen molar-refractivity contribution in [3.05, 3.63) is 29.3 Å². The molecule has 92 valence electrons. The van der Waals surface area contributed by atoms with Crippen molar-refractivity contribution in [1.82, 2.24) is 5.32 Å². The van der Waals surface area contributed by atoms with Crippen LogP contribution in [0, 0.1) is 6.92 Å². The van der Waals surface area contributed by atoms with E-state index in [1.807, 2.05) is 19.9 Å². The summed E-state index contributed by atoms with van der Waals surface area (Å²) in [7, 11) is 0. The first-order chi connectivity index (χ1) is 8.04. The van der Waals surface area contributed by atoms with Crippen molar-refractivity contribution in [2.24, 2.45) is 5.73 Å². The predicted molar refractivity (Wildman–Crippen MR) is 74.2 cm³/mol. The summed E-state index contributed by atoms with van der Waals surface area (Å²) in [6.45, 7) is 4.61. The van der Waals surface area contributed by atoms with Crippen LogP contribution in [-0.2, 0) is 0 Å². The molecule has 0 radical (unpaired) electrons. The summed E-state index contributed by atoms with van der Waals surface area (Å²) >= 11 is 4.78. The largest absolute Gasteiger partial charge is 0.376 e. The molecule has 5 heteroatoms. The maximum absolute atomic E-state index is 11.7. The highest BCUT2D eigenvalue weighted by atomic mass is 32.1. The van der Waals surface area contributed by atoms with Gasteiger partial charge in [-0.2, -0.15) is 0 Å². The third-order valence-corrected chi connectivity index (χ3v) is 2.40. The second kappa shape index (κ2) is 6.20. The summed E-state index contributed by atoms with van der Waals surface area (Å²) in [5.41, 5.74) is 7.78. The molecule has 17 heavy (non-hydrogen) atoms. The first-order valence-electron chi connectivity index (χ1n) is 5.50. The van der Waals surface area contributed by atoms with E-state index in [0.717, 1.165) is 17.7 Å². The predicted octanol–water partition coefficient (Wildman–Crippen LogP) is 1.79. The molecule has 0 unspecified atom stereocenters. The number of hydrogen-bond donors (Lipinski definition) is 3. The quantitative estimate of drug-likeness (QED) is 0.714. The zero-order valence-corrected chi connectivity index (χ0v) is 10.9. The average molecular weight is 251 g/mol. The zero-order valence-electron chi connectivity index (χ0n) is 10.0. The second-order valence-electron chi connectivity index (χ2n) is 3.77. The second-order valence-corrected chi connectivity index (χ2v) is 4.21. The van der Waals surface area contributed by atoms with Crippen molar-refractivity contribution < 1.29 is 4.79 Å². The molecule has 4 N–H and O–H groups in total. The van der Waals surface area contributed by atoms with Crippen LogP contribution in [0.2, 0.25) is 0 Å². The number of rotatable bonds is 4. The summed E-state index contributed by atoms with van der Waals surface area (Å²) in [6.07, 6.45) is 0.912. The van der Waals surface area contributed by atoms with Gasteiger partial charge in [0.05, 0.1) is 0 Å². The number of nitrogens with two attached hydrogens (primary N) is 1. The van der Waals surface area contributed by atoms with Gasteiger partial charge >= 0.3 is 0 Å². The van der Waals surface area contributed by atoms with E-state index in [2.05, 4.69) is 10.6 Å². The van der Waals surface area contributed by atoms with E-state index in [4.69, 9.17) is 18.0 Å². The Labute approximate surface area is 107 Å². The number of thiocarbonyl (C=S) groups is 1. The Balaban J connectivity index is 2.87. The van der Waals surface area contributed by atoms with Gasteiger partial charge < -0.3 is 16.4 Å². The van der Waals surface area contributed by atoms with Crippen molar-refractivity contribution in [3.8, 4) is 0 Å². The van der Waals surface area contributed by atoms with Crippen LogP contribution in [0.15, 0.2) is 18.2 Å². The number of benzene rings is 1. The molecule has 0 heterocycles. The molecule has 0 aliphatic carbocycles. The lowest BCUT2D eigenvalue weighted by Gasteiger charge is -2.10. The molecule has 0 fully saturated rings. The highest BCUT2D eigenvalue weighted by Crippen LogP contribution is 2.16. The first-order valence-corrected chi connectivity index (χ1v) is 5.90. The Hall–Kier alpha value is -1.62. The fourth-order valence-electron chi connectivity index (χ4n) is 1.37. The van der Waals surface area contributed by atoms with Crippen molar-refractivity contribution in [2.75, 3.05) is 11.9 Å². The van der Waals surface area contributed by atoms with Gasteiger partial charge in [-0.1, -0.05) is 13.0 Å². The fourth-order valence-corrected chi connectivity index (χ4v) is 1.48. The molecule has 0 atom stereocenters. The van der Waals surface area contributed by atoms with Crippen molar-refractivity contribution in [3.63, 3.8) is 0 Å². The van der Waals surface area contributed by atoms with E-state index in [9.17, 15) is 4.79 Å². The lowest BCUT2D eigenvalue weighted by molar-refractivity contribution is 0.0953. The van der Waals surface area contributed by atoms with E-state index in [-0.39, 0.29) is 11.0 Å². The monoisotopic (exact) mass is 251 g/mol. The molecule has 0 saturated heterocycles. The van der Waals surface area contributed by atoms with Gasteiger partial charge in [-0.05, 0) is 43.3 Å². The molecule has 0 aliphatic heterocycles. The van der Waals surface area contributed by atoms with Crippen molar-refractivity contribution in [1.29, 1.82) is 0 Å². The van der Waals surface area contributed by atoms with Gasteiger partial charge in [0.15, 0.2) is 5.11 Å². The van der Waals surface area contributed by atoms with Crippen molar-refractivity contribution >= 4 is 28.9 Å². The number of carbonyl (C=O) groups is 1. The molecule has 0 bridgehead atoms. The molecule has 1 rings (SSSR count). The molecule has 0 aromatic heterocycles. The Morgan fingerprint density at radius 1 is 1.47 bits per heavy atom. The van der Waals surface area contributed by atoms with Gasteiger partial charge in [0.1, 0.15) is 0 Å². The summed E-state index contributed by atoms with van der Waals surface area (Å²) < 4.78 is 0. The lowest BCUT2D eigenvalue weighted by atomic mass is 10.1. The summed E-state index contributed by atoms with van der Waals surface area (Å²) in [4.78, 5) is 11.7. The SMILES string of the molecule is CCCNC(=O)c1ccc(C)c(NC(N)=S)c1. The van der Waals surface area contributed by atoms with Crippen LogP contribution in [0.25, 0.3) is 0 Å². The van der Waals surface area contributed by atoms with Crippen LogP contribution >= 0.6 is 12.2 Å². The van der Waals surface area contributed by atoms with E-state index < -0.39 is 0 Å². The summed E-state index contributed by atoms with van der Waals surface area (Å²) in [6, 6.07) is 5.39. The standard InChI is InChI=1S/C12H17N3OS/c1-3-6-14-11(16)9-5-4-8(2)10(7-9)15-12(13)17/h4-5,7H,3,6H2,1-2H3,(H,14,16)(H3,13,15,17). The summed E-state index contributed by atoms with van der Waals surface area (Å²) in [5.74, 6) is -0.0853. The molecule has 1 amide bonds. The third kappa shape index (κ3) is 4.03. The number of nitrogens with one attached hydrogen (secondary N) is 2. The maximum Gasteiger partial charge on any atom is 0.251 e. The molecule has 4 nitrogen and oxygen atoms in total. The number of hydrogen-bond acceptors (Lipinski definition) is 2. The molecular formula is C12H17N3OS. The first kappa shape index (κ1) is 13.4. The minimum absolute atomic E-state index is 0.0853. The van der Waals surface area contributed by atoms with E-state index in [1.54, 1.807) is 12.1 Å². The van der Waals surface area contributed by atoms with E-state index >= 15 is 0 Å². The van der Waals surface area contributed by atoms with Crippen LogP contribution in [-0.4, -0.2) is 17.6 Å². The number of carbonyl (C=O) groups excluding carboxylic acids is 1. The van der Waals surface area contributed by atoms with E-state index in [1.165, 1.54) is 0 Å². The molecule has 0 aliphatic rings. The Morgan fingerprint density at radius 3 is 2.76 bits per heavy atom. The topological polar surface area (TPSA) is 67.2 Å². The minimum Gasteiger partial charge on any atom is -0.376 e. The lowest BCUT2D eigenvalue weighted by Crippen LogP contribution is -2.24. The van der Waals surface area contributed by atoms with Gasteiger partial charge in [-0.25, -0.2) is 0 Å². The minimum atomic E-state index is -0.0853. The average Bonchev–Trinajstić information content (AvgIpc) is 2.28. The van der Waals surface area contributed by atoms with Crippen LogP contribution in [0.1, 0.15) is 29.3 Å². The van der Waals surface area contributed by atoms with Crippen molar-refractivity contribution in [2.45, 2.75) is 20.3 Å². The molecule has 1 aromatic rings. The van der Waals surface area contributed by atoms with Gasteiger partial charge in [-0.15, -0.1) is 0 Å². The van der Waals surface area contributed by atoms with Crippen LogP contribution < -0.4 is 16.4 Å². The summed E-state index contributed by atoms with van der Waals surface area (Å²) in [5, 5.41) is 5.87. The highest BCUT2D eigenvalue weighted by Gasteiger charge is 2.07. The highest BCUT2D eigenvalue weighted by molar-refractivity contribution is 7.80.